The fourth-order valence-electron chi connectivity index (χ4n) is 3.69. The third kappa shape index (κ3) is 10.1. The molecule has 0 saturated heterocycles. The Balaban J connectivity index is 2.37. The van der Waals surface area contributed by atoms with Gasteiger partial charge in [-0.2, -0.15) is 10.5 Å². The summed E-state index contributed by atoms with van der Waals surface area (Å²) in [6.45, 7) is 5.48. The lowest BCUT2D eigenvalue weighted by Gasteiger charge is -2.16. The van der Waals surface area contributed by atoms with Crippen molar-refractivity contribution in [3.63, 3.8) is 0 Å². The van der Waals surface area contributed by atoms with E-state index in [1.54, 1.807) is 12.4 Å². The van der Waals surface area contributed by atoms with Crippen LogP contribution in [-0.2, 0) is 0 Å². The molecular formula is C32H42N6O2. The van der Waals surface area contributed by atoms with E-state index < -0.39 is 0 Å². The number of allylic oxidation sites excluding steroid dienone is 2. The Labute approximate surface area is 239 Å². The summed E-state index contributed by atoms with van der Waals surface area (Å²) in [6, 6.07) is 15.6. The number of nitriles is 2. The standard InChI is InChI=1S/C32H42N6O2/c1-7-9-11-17-39-31-19-27(37(3)4)15-13-25(31)23-35-29(21-33)30(22-34)36-24-26-14-16-28(38(5)6)20-32(26)40-18-12-10-8-2/h13-16,19-20,23-24H,7-12,17-18H2,1-6H3/b30-29+,35-23?,36-24?. The average Bonchev–Trinajstić information content (AvgIpc) is 2.95. The van der Waals surface area contributed by atoms with E-state index in [4.69, 9.17) is 9.47 Å². The van der Waals surface area contributed by atoms with Gasteiger partial charge in [0.2, 0.25) is 0 Å². The molecule has 0 aromatic heterocycles. The summed E-state index contributed by atoms with van der Waals surface area (Å²) in [5.41, 5.74) is 3.27. The van der Waals surface area contributed by atoms with E-state index in [1.807, 2.05) is 86.5 Å². The van der Waals surface area contributed by atoms with E-state index >= 15 is 0 Å². The van der Waals surface area contributed by atoms with Crippen LogP contribution in [0, 0.1) is 22.7 Å². The van der Waals surface area contributed by atoms with Crippen molar-refractivity contribution in [3.8, 4) is 23.6 Å². The van der Waals surface area contributed by atoms with Crippen LogP contribution < -0.4 is 19.3 Å². The van der Waals surface area contributed by atoms with Gasteiger partial charge in [-0.05, 0) is 37.1 Å². The van der Waals surface area contributed by atoms with Crippen molar-refractivity contribution < 1.29 is 9.47 Å². The van der Waals surface area contributed by atoms with Gasteiger partial charge < -0.3 is 19.3 Å². The van der Waals surface area contributed by atoms with Crippen LogP contribution >= 0.6 is 0 Å². The SMILES string of the molecule is CCCCCOc1cc(N(C)C)ccc1C=N/C(C#N)=C(\C#N)N=Cc1ccc(N(C)C)cc1OCCCCC. The van der Waals surface area contributed by atoms with Gasteiger partial charge in [-0.3, -0.25) is 0 Å². The number of nitrogens with zero attached hydrogens (tertiary/aromatic N) is 6. The van der Waals surface area contributed by atoms with Crippen molar-refractivity contribution in [1.29, 1.82) is 10.5 Å². The summed E-state index contributed by atoms with van der Waals surface area (Å²) < 4.78 is 12.1. The quantitative estimate of drug-likeness (QED) is 0.132. The van der Waals surface area contributed by atoms with Crippen LogP contribution in [0.4, 0.5) is 11.4 Å². The van der Waals surface area contributed by atoms with Crippen LogP contribution in [0.2, 0.25) is 0 Å². The Hall–Kier alpha value is -4.30. The van der Waals surface area contributed by atoms with Gasteiger partial charge in [0, 0.05) is 75.3 Å². The van der Waals surface area contributed by atoms with Crippen LogP contribution in [0.25, 0.3) is 0 Å². The minimum Gasteiger partial charge on any atom is -0.493 e. The summed E-state index contributed by atoms with van der Waals surface area (Å²) in [7, 11) is 7.86. The van der Waals surface area contributed by atoms with Crippen molar-refractivity contribution in [2.45, 2.75) is 52.4 Å². The van der Waals surface area contributed by atoms with Gasteiger partial charge in [-0.25, -0.2) is 9.98 Å². The van der Waals surface area contributed by atoms with Crippen molar-refractivity contribution in [3.05, 3.63) is 58.9 Å². The van der Waals surface area contributed by atoms with Crippen molar-refractivity contribution >= 4 is 23.8 Å². The largest absolute Gasteiger partial charge is 0.493 e. The number of unbranched alkanes of at least 4 members (excludes halogenated alkanes) is 4. The van der Waals surface area contributed by atoms with E-state index in [9.17, 15) is 10.5 Å². The van der Waals surface area contributed by atoms with Crippen molar-refractivity contribution in [2.75, 3.05) is 51.2 Å². The molecule has 40 heavy (non-hydrogen) atoms. The lowest BCUT2D eigenvalue weighted by Crippen LogP contribution is -2.09. The topological polar surface area (TPSA) is 97.2 Å². The molecule has 0 aliphatic carbocycles. The third-order valence-electron chi connectivity index (χ3n) is 6.14. The molecule has 0 amide bonds. The van der Waals surface area contributed by atoms with Crippen LogP contribution in [0.3, 0.4) is 0 Å². The number of benzene rings is 2. The molecule has 2 aromatic carbocycles. The first kappa shape index (κ1) is 31.9. The molecule has 212 valence electrons. The molecule has 0 spiro atoms. The van der Waals surface area contributed by atoms with Gasteiger partial charge >= 0.3 is 0 Å². The average molecular weight is 543 g/mol. The second kappa shape index (κ2) is 17.3. The summed E-state index contributed by atoms with van der Waals surface area (Å²) in [4.78, 5) is 12.7. The lowest BCUT2D eigenvalue weighted by atomic mass is 10.1. The monoisotopic (exact) mass is 542 g/mol. The highest BCUT2D eigenvalue weighted by molar-refractivity contribution is 5.87. The third-order valence-corrected chi connectivity index (χ3v) is 6.14. The Bertz CT molecular complexity index is 1170. The maximum absolute atomic E-state index is 9.79. The van der Waals surface area contributed by atoms with Crippen molar-refractivity contribution in [2.24, 2.45) is 9.98 Å². The van der Waals surface area contributed by atoms with E-state index in [0.29, 0.717) is 24.7 Å². The lowest BCUT2D eigenvalue weighted by molar-refractivity contribution is 0.306. The number of ether oxygens (including phenoxy) is 2. The molecule has 2 aromatic rings. The molecule has 0 radical (unpaired) electrons. The Kier molecular flexibility index (Phi) is 13.8. The first-order valence-corrected chi connectivity index (χ1v) is 13.9. The molecule has 0 atom stereocenters. The molecule has 8 heteroatoms. The number of rotatable bonds is 16. The first-order chi connectivity index (χ1) is 19.3. The zero-order chi connectivity index (χ0) is 29.3. The fraction of sp³-hybridized carbons (Fsp3) is 0.438. The maximum atomic E-state index is 9.79. The molecule has 0 N–H and O–H groups in total. The van der Waals surface area contributed by atoms with E-state index in [0.717, 1.165) is 61.0 Å². The van der Waals surface area contributed by atoms with Gasteiger partial charge in [0.15, 0.2) is 11.4 Å². The molecule has 0 bridgehead atoms. The van der Waals surface area contributed by atoms with Crippen LogP contribution in [0.1, 0.15) is 63.5 Å². The molecule has 0 unspecified atom stereocenters. The molecule has 0 fully saturated rings. The van der Waals surface area contributed by atoms with Gasteiger partial charge in [0.05, 0.1) is 13.2 Å². The maximum Gasteiger partial charge on any atom is 0.176 e. The summed E-state index contributed by atoms with van der Waals surface area (Å²) in [6.07, 6.45) is 9.40. The van der Waals surface area contributed by atoms with Gasteiger partial charge in [-0.1, -0.05) is 39.5 Å². The van der Waals surface area contributed by atoms with Gasteiger partial charge in [-0.15, -0.1) is 0 Å². The number of hydrogen-bond acceptors (Lipinski definition) is 8. The fourth-order valence-corrected chi connectivity index (χ4v) is 3.69. The first-order valence-electron chi connectivity index (χ1n) is 13.9. The molecule has 0 heterocycles. The molecule has 0 aliphatic rings. The predicted molar refractivity (Wildman–Crippen MR) is 165 cm³/mol. The second-order valence-electron chi connectivity index (χ2n) is 9.78. The second-order valence-corrected chi connectivity index (χ2v) is 9.78. The van der Waals surface area contributed by atoms with Crippen LogP contribution in [0.5, 0.6) is 11.5 Å². The zero-order valence-electron chi connectivity index (χ0n) is 24.8. The van der Waals surface area contributed by atoms with Gasteiger partial charge in [0.1, 0.15) is 23.6 Å². The highest BCUT2D eigenvalue weighted by Crippen LogP contribution is 2.26. The Morgan fingerprint density at radius 1 is 0.700 bits per heavy atom. The summed E-state index contributed by atoms with van der Waals surface area (Å²) in [5, 5.41) is 19.6. The van der Waals surface area contributed by atoms with E-state index in [-0.39, 0.29) is 11.4 Å². The summed E-state index contributed by atoms with van der Waals surface area (Å²) in [5.74, 6) is 1.35. The van der Waals surface area contributed by atoms with Crippen LogP contribution in [-0.4, -0.2) is 53.8 Å². The van der Waals surface area contributed by atoms with E-state index in [1.165, 1.54) is 0 Å². The molecule has 8 nitrogen and oxygen atoms in total. The molecule has 2 rings (SSSR count). The van der Waals surface area contributed by atoms with E-state index in [2.05, 4.69) is 23.8 Å². The zero-order valence-corrected chi connectivity index (χ0v) is 24.8. The number of aliphatic imine (C=N–C) groups is 2. The minimum absolute atomic E-state index is 0.0808. The summed E-state index contributed by atoms with van der Waals surface area (Å²) >= 11 is 0. The molecule has 0 aliphatic heterocycles. The Morgan fingerprint density at radius 2 is 1.10 bits per heavy atom. The number of hydrogen-bond donors (Lipinski definition) is 0. The highest BCUT2D eigenvalue weighted by atomic mass is 16.5. The highest BCUT2D eigenvalue weighted by Gasteiger charge is 2.10. The van der Waals surface area contributed by atoms with Gasteiger partial charge in [0.25, 0.3) is 0 Å². The number of anilines is 2. The predicted octanol–water partition coefficient (Wildman–Crippen LogP) is 6.75. The minimum atomic E-state index is -0.0808. The normalized spacial score (nSPS) is 11.7. The van der Waals surface area contributed by atoms with Crippen molar-refractivity contribution in [1.82, 2.24) is 0 Å². The molecular weight excluding hydrogens is 500 g/mol. The van der Waals surface area contributed by atoms with Crippen LogP contribution in [0.15, 0.2) is 57.8 Å². The smallest absolute Gasteiger partial charge is 0.176 e. The Morgan fingerprint density at radius 3 is 1.43 bits per heavy atom. The molecule has 0 saturated carbocycles.